The lowest BCUT2D eigenvalue weighted by atomic mass is 10.0. The van der Waals surface area contributed by atoms with E-state index in [4.69, 9.17) is 0 Å². The number of hydrogen-bond acceptors (Lipinski definition) is 1. The maximum absolute atomic E-state index is 2.33. The molecule has 0 amide bonds. The summed E-state index contributed by atoms with van der Waals surface area (Å²) in [6.07, 6.45) is 4.95. The maximum atomic E-state index is 2.33. The van der Waals surface area contributed by atoms with Crippen molar-refractivity contribution < 1.29 is 0 Å². The van der Waals surface area contributed by atoms with Crippen molar-refractivity contribution in [3.8, 4) is 0 Å². The Balaban J connectivity index is 1.55. The van der Waals surface area contributed by atoms with E-state index >= 15 is 0 Å². The quantitative estimate of drug-likeness (QED) is 0.537. The molecule has 2 aromatic carbocycles. The van der Waals surface area contributed by atoms with Crippen molar-refractivity contribution in [1.82, 2.24) is 0 Å². The largest absolute Gasteiger partial charge is 0.144 e. The average Bonchev–Trinajstić information content (AvgIpc) is 2.88. The highest BCUT2D eigenvalue weighted by Gasteiger charge is 2.02. The Kier molecular flexibility index (Phi) is 3.95. The van der Waals surface area contributed by atoms with E-state index in [1.807, 2.05) is 11.3 Å². The van der Waals surface area contributed by atoms with E-state index in [9.17, 15) is 0 Å². The number of rotatable bonds is 5. The van der Waals surface area contributed by atoms with Crippen LogP contribution in [-0.4, -0.2) is 0 Å². The lowest BCUT2D eigenvalue weighted by Gasteiger charge is -2.02. The second-order valence-corrected chi connectivity index (χ2v) is 5.86. The Morgan fingerprint density at radius 3 is 2.37 bits per heavy atom. The van der Waals surface area contributed by atoms with Gasteiger partial charge in [-0.2, -0.15) is 0 Å². The van der Waals surface area contributed by atoms with Gasteiger partial charge in [-0.1, -0.05) is 48.5 Å². The molecule has 0 N–H and O–H groups in total. The van der Waals surface area contributed by atoms with Crippen LogP contribution in [-0.2, 0) is 12.8 Å². The Labute approximate surface area is 118 Å². The van der Waals surface area contributed by atoms with Crippen molar-refractivity contribution >= 4 is 21.4 Å². The van der Waals surface area contributed by atoms with E-state index in [0.29, 0.717) is 0 Å². The van der Waals surface area contributed by atoms with Gasteiger partial charge in [-0.3, -0.25) is 0 Å². The molecule has 0 spiro atoms. The zero-order valence-electron chi connectivity index (χ0n) is 11.0. The van der Waals surface area contributed by atoms with Crippen LogP contribution >= 0.6 is 11.3 Å². The molecule has 96 valence electrons. The molecule has 19 heavy (non-hydrogen) atoms. The van der Waals surface area contributed by atoms with Crippen molar-refractivity contribution in [2.24, 2.45) is 0 Å². The van der Waals surface area contributed by atoms with E-state index < -0.39 is 0 Å². The average molecular weight is 266 g/mol. The normalized spacial score (nSPS) is 10.9. The van der Waals surface area contributed by atoms with Gasteiger partial charge in [0.2, 0.25) is 0 Å². The highest BCUT2D eigenvalue weighted by molar-refractivity contribution is 7.17. The smallest absolute Gasteiger partial charge is 0.0345 e. The van der Waals surface area contributed by atoms with Crippen molar-refractivity contribution in [3.63, 3.8) is 0 Å². The van der Waals surface area contributed by atoms with Gasteiger partial charge < -0.3 is 0 Å². The molecule has 0 fully saturated rings. The molecule has 3 rings (SSSR count). The standard InChI is InChI=1S/C18H18S/c1-2-8-15(9-3-1)10-4-5-11-16-14-19-18-13-7-6-12-17(16)18/h1-3,6-9,12-14H,4-5,10-11H2. The van der Waals surface area contributed by atoms with Gasteiger partial charge in [0.15, 0.2) is 0 Å². The van der Waals surface area contributed by atoms with Crippen molar-refractivity contribution in [2.75, 3.05) is 0 Å². The molecule has 0 radical (unpaired) electrons. The Bertz CT molecular complexity index is 637. The lowest BCUT2D eigenvalue weighted by Crippen LogP contribution is -1.88. The number of fused-ring (bicyclic) bond motifs is 1. The third kappa shape index (κ3) is 3.05. The van der Waals surface area contributed by atoms with Crippen molar-refractivity contribution in [3.05, 3.63) is 71.1 Å². The molecule has 0 aliphatic carbocycles. The highest BCUT2D eigenvalue weighted by atomic mass is 32.1. The van der Waals surface area contributed by atoms with Crippen LogP contribution in [0.3, 0.4) is 0 Å². The summed E-state index contributed by atoms with van der Waals surface area (Å²) >= 11 is 1.87. The highest BCUT2D eigenvalue weighted by Crippen LogP contribution is 2.26. The summed E-state index contributed by atoms with van der Waals surface area (Å²) in [5.41, 5.74) is 2.98. The second-order valence-electron chi connectivity index (χ2n) is 4.95. The summed E-state index contributed by atoms with van der Waals surface area (Å²) in [4.78, 5) is 0. The molecule has 0 unspecified atom stereocenters. The zero-order valence-corrected chi connectivity index (χ0v) is 11.8. The van der Waals surface area contributed by atoms with E-state index in [1.54, 1.807) is 0 Å². The van der Waals surface area contributed by atoms with Crippen LogP contribution in [0.2, 0.25) is 0 Å². The molecule has 0 aliphatic rings. The molecule has 1 heteroatoms. The zero-order chi connectivity index (χ0) is 12.9. The van der Waals surface area contributed by atoms with Gasteiger partial charge in [0, 0.05) is 4.70 Å². The first-order valence-corrected chi connectivity index (χ1v) is 7.80. The monoisotopic (exact) mass is 266 g/mol. The van der Waals surface area contributed by atoms with Crippen LogP contribution in [0.4, 0.5) is 0 Å². The van der Waals surface area contributed by atoms with Gasteiger partial charge >= 0.3 is 0 Å². The van der Waals surface area contributed by atoms with Crippen LogP contribution in [0, 0.1) is 0 Å². The molecule has 1 aromatic heterocycles. The number of benzene rings is 2. The molecule has 0 nitrogen and oxygen atoms in total. The molecule has 0 bridgehead atoms. The number of aryl methyl sites for hydroxylation is 2. The first-order chi connectivity index (χ1) is 9.43. The van der Waals surface area contributed by atoms with Gasteiger partial charge in [-0.05, 0) is 53.6 Å². The van der Waals surface area contributed by atoms with Gasteiger partial charge in [-0.15, -0.1) is 11.3 Å². The summed E-state index contributed by atoms with van der Waals surface area (Å²) in [5, 5.41) is 3.78. The Hall–Kier alpha value is -1.60. The minimum atomic E-state index is 1.20. The minimum Gasteiger partial charge on any atom is -0.144 e. The summed E-state index contributed by atoms with van der Waals surface area (Å²) in [6, 6.07) is 19.5. The number of thiophene rings is 1. The van der Waals surface area contributed by atoms with E-state index in [1.165, 1.54) is 46.9 Å². The van der Waals surface area contributed by atoms with Crippen LogP contribution in [0.1, 0.15) is 24.0 Å². The van der Waals surface area contributed by atoms with Gasteiger partial charge in [0.25, 0.3) is 0 Å². The van der Waals surface area contributed by atoms with Gasteiger partial charge in [-0.25, -0.2) is 0 Å². The fourth-order valence-corrected chi connectivity index (χ4v) is 3.51. The molecular formula is C18H18S. The van der Waals surface area contributed by atoms with Crippen LogP contribution in [0.15, 0.2) is 60.0 Å². The SMILES string of the molecule is c1ccc(CCCCc2csc3ccccc23)cc1. The fraction of sp³-hybridized carbons (Fsp3) is 0.222. The van der Waals surface area contributed by atoms with Crippen LogP contribution in [0.5, 0.6) is 0 Å². The molecular weight excluding hydrogens is 248 g/mol. The molecule has 3 aromatic rings. The van der Waals surface area contributed by atoms with Gasteiger partial charge in [0.05, 0.1) is 0 Å². The first-order valence-electron chi connectivity index (χ1n) is 6.92. The number of hydrogen-bond donors (Lipinski definition) is 0. The van der Waals surface area contributed by atoms with Crippen LogP contribution < -0.4 is 0 Å². The minimum absolute atomic E-state index is 1.20. The maximum Gasteiger partial charge on any atom is 0.0345 e. The Morgan fingerprint density at radius 2 is 1.47 bits per heavy atom. The molecule has 0 aliphatic heterocycles. The molecule has 1 heterocycles. The molecule has 0 saturated heterocycles. The summed E-state index contributed by atoms with van der Waals surface area (Å²) in [7, 11) is 0. The van der Waals surface area contributed by atoms with Gasteiger partial charge in [0.1, 0.15) is 0 Å². The van der Waals surface area contributed by atoms with E-state index in [0.717, 1.165) is 0 Å². The van der Waals surface area contributed by atoms with Crippen molar-refractivity contribution in [1.29, 1.82) is 0 Å². The van der Waals surface area contributed by atoms with Crippen LogP contribution in [0.25, 0.3) is 10.1 Å². The predicted octanol–water partition coefficient (Wildman–Crippen LogP) is 5.47. The summed E-state index contributed by atoms with van der Waals surface area (Å²) in [6.45, 7) is 0. The van der Waals surface area contributed by atoms with E-state index in [2.05, 4.69) is 60.0 Å². The van der Waals surface area contributed by atoms with E-state index in [-0.39, 0.29) is 0 Å². The fourth-order valence-electron chi connectivity index (χ4n) is 2.52. The third-order valence-electron chi connectivity index (χ3n) is 3.57. The molecule has 0 atom stereocenters. The summed E-state index contributed by atoms with van der Waals surface area (Å²) in [5.74, 6) is 0. The lowest BCUT2D eigenvalue weighted by molar-refractivity contribution is 0.738. The molecule has 0 saturated carbocycles. The topological polar surface area (TPSA) is 0 Å². The Morgan fingerprint density at radius 1 is 0.737 bits per heavy atom. The predicted molar refractivity (Wildman–Crippen MR) is 84.9 cm³/mol. The second kappa shape index (κ2) is 6.03. The number of unbranched alkanes of at least 4 members (excludes halogenated alkanes) is 1. The third-order valence-corrected chi connectivity index (χ3v) is 4.58. The summed E-state index contributed by atoms with van der Waals surface area (Å²) < 4.78 is 1.42. The first kappa shape index (κ1) is 12.4. The van der Waals surface area contributed by atoms with Crippen molar-refractivity contribution in [2.45, 2.75) is 25.7 Å².